The summed E-state index contributed by atoms with van der Waals surface area (Å²) in [5, 5.41) is 6.27. The monoisotopic (exact) mass is 380 g/mol. The standard InChI is InChI=1S/C18H20N4O.2ClH/c23-18(16-11-13-3-1-2-4-15(13)16)21-17-6-5-14(12-20-17)22-9-7-19-8-10-22;;/h1-6,12,16,19H,7-11H2,(H,20,21,23);2*1H. The maximum Gasteiger partial charge on any atom is 0.233 e. The fourth-order valence-corrected chi connectivity index (χ4v) is 3.28. The van der Waals surface area contributed by atoms with Crippen molar-refractivity contribution in [3.05, 3.63) is 53.7 Å². The quantitative estimate of drug-likeness (QED) is 0.858. The summed E-state index contributed by atoms with van der Waals surface area (Å²) in [6.07, 6.45) is 2.66. The number of hydrogen-bond donors (Lipinski definition) is 2. The molecule has 1 aromatic heterocycles. The Morgan fingerprint density at radius 2 is 1.88 bits per heavy atom. The maximum absolute atomic E-state index is 12.4. The van der Waals surface area contributed by atoms with E-state index in [0.717, 1.165) is 43.9 Å². The number of anilines is 2. The third-order valence-corrected chi connectivity index (χ3v) is 4.65. The lowest BCUT2D eigenvalue weighted by atomic mass is 9.77. The van der Waals surface area contributed by atoms with Gasteiger partial charge in [-0.15, -0.1) is 24.8 Å². The van der Waals surface area contributed by atoms with Crippen LogP contribution in [0.5, 0.6) is 0 Å². The second-order valence-electron chi connectivity index (χ2n) is 6.08. The van der Waals surface area contributed by atoms with Crippen LogP contribution in [0.15, 0.2) is 42.6 Å². The van der Waals surface area contributed by atoms with Gasteiger partial charge in [-0.05, 0) is 29.7 Å². The summed E-state index contributed by atoms with van der Waals surface area (Å²) < 4.78 is 0. The number of amides is 1. The van der Waals surface area contributed by atoms with Gasteiger partial charge >= 0.3 is 0 Å². The fraction of sp³-hybridized carbons (Fsp3) is 0.333. The first-order chi connectivity index (χ1) is 11.3. The molecule has 1 aliphatic carbocycles. The molecule has 1 aromatic carbocycles. The first-order valence-corrected chi connectivity index (χ1v) is 8.11. The van der Waals surface area contributed by atoms with Crippen LogP contribution in [0.1, 0.15) is 17.0 Å². The van der Waals surface area contributed by atoms with Crippen LogP contribution in [0, 0.1) is 0 Å². The summed E-state index contributed by atoms with van der Waals surface area (Å²) in [6.45, 7) is 3.98. The van der Waals surface area contributed by atoms with Gasteiger partial charge in [0.15, 0.2) is 0 Å². The molecule has 0 radical (unpaired) electrons. The molecular weight excluding hydrogens is 359 g/mol. The molecule has 2 aliphatic rings. The van der Waals surface area contributed by atoms with Gasteiger partial charge < -0.3 is 15.5 Å². The second-order valence-corrected chi connectivity index (χ2v) is 6.08. The van der Waals surface area contributed by atoms with E-state index in [1.807, 2.05) is 36.5 Å². The molecule has 2 heterocycles. The molecule has 4 rings (SSSR count). The van der Waals surface area contributed by atoms with E-state index in [0.29, 0.717) is 5.82 Å². The molecular formula is C18H22Cl2N4O. The largest absolute Gasteiger partial charge is 0.368 e. The predicted octanol–water partition coefficient (Wildman–Crippen LogP) is 2.61. The molecule has 1 amide bonds. The fourth-order valence-electron chi connectivity index (χ4n) is 3.28. The number of carbonyl (C=O) groups is 1. The number of nitrogens with zero attached hydrogens (tertiary/aromatic N) is 2. The SMILES string of the molecule is Cl.Cl.O=C(Nc1ccc(N2CCNCC2)cn1)C1Cc2ccccc21. The van der Waals surface area contributed by atoms with E-state index in [2.05, 4.69) is 26.6 Å². The lowest BCUT2D eigenvalue weighted by molar-refractivity contribution is -0.118. The maximum atomic E-state index is 12.4. The van der Waals surface area contributed by atoms with E-state index in [-0.39, 0.29) is 36.6 Å². The number of fused-ring (bicyclic) bond motifs is 1. The molecule has 1 aliphatic heterocycles. The number of pyridine rings is 1. The Balaban J connectivity index is 0.00000113. The molecule has 1 unspecified atom stereocenters. The summed E-state index contributed by atoms with van der Waals surface area (Å²) in [7, 11) is 0. The Labute approximate surface area is 160 Å². The van der Waals surface area contributed by atoms with E-state index >= 15 is 0 Å². The van der Waals surface area contributed by atoms with Gasteiger partial charge in [0, 0.05) is 26.2 Å². The van der Waals surface area contributed by atoms with Crippen LogP contribution < -0.4 is 15.5 Å². The summed E-state index contributed by atoms with van der Waals surface area (Å²) in [5.41, 5.74) is 3.52. The Morgan fingerprint density at radius 3 is 2.56 bits per heavy atom. The molecule has 2 aromatic rings. The first kappa shape index (κ1) is 19.5. The second kappa shape index (κ2) is 8.52. The third kappa shape index (κ3) is 4.06. The van der Waals surface area contributed by atoms with Crippen LogP contribution in [0.2, 0.25) is 0 Å². The van der Waals surface area contributed by atoms with Crippen molar-refractivity contribution in [2.75, 3.05) is 36.4 Å². The average Bonchev–Trinajstić information content (AvgIpc) is 2.57. The molecule has 0 saturated carbocycles. The van der Waals surface area contributed by atoms with Crippen molar-refractivity contribution < 1.29 is 4.79 Å². The molecule has 1 fully saturated rings. The lowest BCUT2D eigenvalue weighted by Gasteiger charge is -2.29. The Morgan fingerprint density at radius 1 is 1.12 bits per heavy atom. The number of nitrogens with one attached hydrogen (secondary N) is 2. The predicted molar refractivity (Wildman–Crippen MR) is 105 cm³/mol. The molecule has 0 spiro atoms. The van der Waals surface area contributed by atoms with Crippen LogP contribution >= 0.6 is 24.8 Å². The van der Waals surface area contributed by atoms with E-state index in [9.17, 15) is 4.79 Å². The number of piperazine rings is 1. The van der Waals surface area contributed by atoms with E-state index in [4.69, 9.17) is 0 Å². The minimum absolute atomic E-state index is 0. The summed E-state index contributed by atoms with van der Waals surface area (Å²) in [4.78, 5) is 19.1. The number of rotatable bonds is 3. The van der Waals surface area contributed by atoms with Gasteiger partial charge in [0.05, 0.1) is 17.8 Å². The smallest absolute Gasteiger partial charge is 0.233 e. The van der Waals surface area contributed by atoms with Crippen molar-refractivity contribution in [3.8, 4) is 0 Å². The Hall–Kier alpha value is -1.82. The highest BCUT2D eigenvalue weighted by Gasteiger charge is 2.31. The Bertz CT molecular complexity index is 717. The third-order valence-electron chi connectivity index (χ3n) is 4.65. The van der Waals surface area contributed by atoms with Crippen LogP contribution in [-0.2, 0) is 11.2 Å². The topological polar surface area (TPSA) is 57.3 Å². The lowest BCUT2D eigenvalue weighted by Crippen LogP contribution is -2.43. The van der Waals surface area contributed by atoms with Crippen LogP contribution in [0.3, 0.4) is 0 Å². The van der Waals surface area contributed by atoms with Gasteiger partial charge in [0.1, 0.15) is 5.82 Å². The van der Waals surface area contributed by atoms with Crippen molar-refractivity contribution in [3.63, 3.8) is 0 Å². The van der Waals surface area contributed by atoms with Gasteiger partial charge in [0.25, 0.3) is 0 Å². The van der Waals surface area contributed by atoms with Crippen molar-refractivity contribution in [1.29, 1.82) is 0 Å². The van der Waals surface area contributed by atoms with E-state index in [1.54, 1.807) is 0 Å². The van der Waals surface area contributed by atoms with E-state index in [1.165, 1.54) is 5.56 Å². The zero-order chi connectivity index (χ0) is 15.6. The minimum atomic E-state index is -0.0409. The van der Waals surface area contributed by atoms with E-state index < -0.39 is 0 Å². The van der Waals surface area contributed by atoms with Crippen molar-refractivity contribution >= 4 is 42.2 Å². The molecule has 25 heavy (non-hydrogen) atoms. The normalized spacial score (nSPS) is 18.1. The summed E-state index contributed by atoms with van der Waals surface area (Å²) in [5.74, 6) is 0.616. The number of aromatic nitrogens is 1. The van der Waals surface area contributed by atoms with Crippen molar-refractivity contribution in [2.45, 2.75) is 12.3 Å². The van der Waals surface area contributed by atoms with Crippen molar-refractivity contribution in [1.82, 2.24) is 10.3 Å². The zero-order valence-electron chi connectivity index (χ0n) is 13.8. The molecule has 134 valence electrons. The number of carbonyl (C=O) groups excluding carboxylic acids is 1. The molecule has 0 bridgehead atoms. The molecule has 2 N–H and O–H groups in total. The van der Waals surface area contributed by atoms with Gasteiger partial charge in [-0.1, -0.05) is 24.3 Å². The molecule has 7 heteroatoms. The average molecular weight is 381 g/mol. The highest BCUT2D eigenvalue weighted by molar-refractivity contribution is 5.97. The highest BCUT2D eigenvalue weighted by Crippen LogP contribution is 2.35. The van der Waals surface area contributed by atoms with Crippen LogP contribution in [0.25, 0.3) is 0 Å². The Kier molecular flexibility index (Phi) is 6.64. The molecule has 1 atom stereocenters. The van der Waals surface area contributed by atoms with Crippen LogP contribution in [0.4, 0.5) is 11.5 Å². The molecule has 5 nitrogen and oxygen atoms in total. The molecule has 1 saturated heterocycles. The van der Waals surface area contributed by atoms with Crippen LogP contribution in [-0.4, -0.2) is 37.1 Å². The van der Waals surface area contributed by atoms with Gasteiger partial charge in [-0.25, -0.2) is 4.98 Å². The number of hydrogen-bond acceptors (Lipinski definition) is 4. The summed E-state index contributed by atoms with van der Waals surface area (Å²) in [6, 6.07) is 12.0. The van der Waals surface area contributed by atoms with Gasteiger partial charge in [-0.2, -0.15) is 0 Å². The number of benzene rings is 1. The van der Waals surface area contributed by atoms with Crippen molar-refractivity contribution in [2.24, 2.45) is 0 Å². The summed E-state index contributed by atoms with van der Waals surface area (Å²) >= 11 is 0. The van der Waals surface area contributed by atoms with Gasteiger partial charge in [-0.3, -0.25) is 4.79 Å². The highest BCUT2D eigenvalue weighted by atomic mass is 35.5. The minimum Gasteiger partial charge on any atom is -0.368 e. The first-order valence-electron chi connectivity index (χ1n) is 8.11. The number of halogens is 2. The van der Waals surface area contributed by atoms with Gasteiger partial charge in [0.2, 0.25) is 5.91 Å². The zero-order valence-corrected chi connectivity index (χ0v) is 15.4.